The molecule has 4 rings (SSSR count). The van der Waals surface area contributed by atoms with Gasteiger partial charge in [0.2, 0.25) is 0 Å². The molecule has 3 aromatic rings. The fraction of sp³-hybridized carbons (Fsp3) is 0.368. The van der Waals surface area contributed by atoms with E-state index in [0.717, 1.165) is 54.9 Å². The fourth-order valence-corrected chi connectivity index (χ4v) is 3.46. The first kappa shape index (κ1) is 16.9. The van der Waals surface area contributed by atoms with Gasteiger partial charge in [0.05, 0.1) is 11.1 Å². The smallest absolute Gasteiger partial charge is 0.355 e. The number of halogens is 3. The van der Waals surface area contributed by atoms with Crippen LogP contribution in [0.1, 0.15) is 30.7 Å². The Balaban J connectivity index is 1.81. The number of rotatable bonds is 2. The van der Waals surface area contributed by atoms with Crippen molar-refractivity contribution in [3.63, 3.8) is 0 Å². The topological polar surface area (TPSA) is 44.8 Å². The predicted octanol–water partition coefficient (Wildman–Crippen LogP) is 4.94. The van der Waals surface area contributed by atoms with Crippen LogP contribution in [0.4, 0.5) is 19.0 Å². The quantitative estimate of drug-likeness (QED) is 0.704. The molecule has 1 aliphatic rings. The van der Waals surface area contributed by atoms with E-state index in [1.54, 1.807) is 12.1 Å². The van der Waals surface area contributed by atoms with E-state index in [4.69, 9.17) is 0 Å². The molecule has 0 atom stereocenters. The number of H-pyrrole nitrogens is 1. The van der Waals surface area contributed by atoms with Crippen molar-refractivity contribution >= 4 is 16.9 Å². The van der Waals surface area contributed by atoms with E-state index in [1.165, 1.54) is 12.5 Å². The summed E-state index contributed by atoms with van der Waals surface area (Å²) in [5, 5.41) is 0. The molecule has 1 N–H and O–H groups in total. The number of nitrogens with one attached hydrogen (secondary N) is 1. The molecule has 7 heteroatoms. The van der Waals surface area contributed by atoms with Gasteiger partial charge in [-0.3, -0.25) is 0 Å². The van der Waals surface area contributed by atoms with Gasteiger partial charge in [-0.05, 0) is 49.9 Å². The van der Waals surface area contributed by atoms with E-state index in [1.807, 2.05) is 6.92 Å². The first-order valence-corrected chi connectivity index (χ1v) is 8.72. The van der Waals surface area contributed by atoms with Gasteiger partial charge in [-0.25, -0.2) is 9.97 Å². The lowest BCUT2D eigenvalue weighted by molar-refractivity contribution is -0.137. The van der Waals surface area contributed by atoms with Crippen LogP contribution in [0.2, 0.25) is 0 Å². The highest BCUT2D eigenvalue weighted by Crippen LogP contribution is 2.34. The van der Waals surface area contributed by atoms with Crippen molar-refractivity contribution in [1.29, 1.82) is 0 Å². The molecule has 136 valence electrons. The van der Waals surface area contributed by atoms with Crippen LogP contribution in [-0.2, 0) is 6.18 Å². The number of hydrogen-bond acceptors (Lipinski definition) is 3. The third-order valence-corrected chi connectivity index (χ3v) is 4.73. The maximum Gasteiger partial charge on any atom is 0.416 e. The third kappa shape index (κ3) is 3.13. The summed E-state index contributed by atoms with van der Waals surface area (Å²) in [6.45, 7) is 3.71. The highest BCUT2D eigenvalue weighted by atomic mass is 19.4. The maximum absolute atomic E-state index is 13.0. The SMILES string of the molecule is Cc1nc(N2CCCCC2)c2[nH]c(-c3cccc(C(F)(F)F)c3)cc2n1. The standard InChI is InChI=1S/C19H19F3N4/c1-12-23-16-11-15(13-6-5-7-14(10-13)19(20,21)22)25-17(16)18(24-12)26-8-3-2-4-9-26/h5-7,10-11,25H,2-4,8-9H2,1H3. The van der Waals surface area contributed by atoms with E-state index in [0.29, 0.717) is 17.1 Å². The van der Waals surface area contributed by atoms with Gasteiger partial charge in [0, 0.05) is 18.8 Å². The van der Waals surface area contributed by atoms with Gasteiger partial charge in [0.15, 0.2) is 5.82 Å². The molecule has 0 aliphatic carbocycles. The zero-order valence-corrected chi connectivity index (χ0v) is 14.4. The summed E-state index contributed by atoms with van der Waals surface area (Å²) in [5.41, 5.74) is 1.95. The van der Waals surface area contributed by atoms with E-state index >= 15 is 0 Å². The van der Waals surface area contributed by atoms with E-state index in [2.05, 4.69) is 19.9 Å². The minimum Gasteiger partial charge on any atom is -0.355 e. The Kier molecular flexibility index (Phi) is 4.09. The van der Waals surface area contributed by atoms with Crippen molar-refractivity contribution in [2.45, 2.75) is 32.4 Å². The van der Waals surface area contributed by atoms with Crippen LogP contribution in [0.25, 0.3) is 22.3 Å². The number of hydrogen-bond donors (Lipinski definition) is 1. The summed E-state index contributed by atoms with van der Waals surface area (Å²) in [6, 6.07) is 7.13. The van der Waals surface area contributed by atoms with Crippen LogP contribution < -0.4 is 4.90 Å². The van der Waals surface area contributed by atoms with E-state index in [9.17, 15) is 13.2 Å². The molecule has 4 nitrogen and oxygen atoms in total. The van der Waals surface area contributed by atoms with Crippen LogP contribution in [-0.4, -0.2) is 28.0 Å². The molecular formula is C19H19F3N4. The highest BCUT2D eigenvalue weighted by molar-refractivity contribution is 5.91. The van der Waals surface area contributed by atoms with Crippen LogP contribution in [0.15, 0.2) is 30.3 Å². The number of fused-ring (bicyclic) bond motifs is 1. The van der Waals surface area contributed by atoms with E-state index < -0.39 is 11.7 Å². The lowest BCUT2D eigenvalue weighted by atomic mass is 10.1. The van der Waals surface area contributed by atoms with Gasteiger partial charge in [-0.2, -0.15) is 13.2 Å². The molecule has 26 heavy (non-hydrogen) atoms. The van der Waals surface area contributed by atoms with Gasteiger partial charge in [0.1, 0.15) is 11.3 Å². The lowest BCUT2D eigenvalue weighted by Gasteiger charge is -2.28. The van der Waals surface area contributed by atoms with E-state index in [-0.39, 0.29) is 0 Å². The Hall–Kier alpha value is -2.57. The van der Waals surface area contributed by atoms with Gasteiger partial charge in [-0.1, -0.05) is 12.1 Å². The van der Waals surface area contributed by atoms with Crippen LogP contribution in [0, 0.1) is 6.92 Å². The largest absolute Gasteiger partial charge is 0.416 e. The number of alkyl halides is 3. The lowest BCUT2D eigenvalue weighted by Crippen LogP contribution is -2.30. The Bertz CT molecular complexity index is 940. The molecule has 0 bridgehead atoms. The minimum atomic E-state index is -4.36. The van der Waals surface area contributed by atoms with Gasteiger partial charge in [0.25, 0.3) is 0 Å². The second-order valence-electron chi connectivity index (χ2n) is 6.66. The van der Waals surface area contributed by atoms with Crippen LogP contribution in [0.3, 0.4) is 0 Å². The molecule has 1 aliphatic heterocycles. The molecule has 0 amide bonds. The summed E-state index contributed by atoms with van der Waals surface area (Å²) in [5.74, 6) is 1.50. The molecular weight excluding hydrogens is 341 g/mol. The van der Waals surface area contributed by atoms with Crippen molar-refractivity contribution in [3.8, 4) is 11.3 Å². The van der Waals surface area contributed by atoms with Crippen LogP contribution >= 0.6 is 0 Å². The molecule has 1 fully saturated rings. The number of aromatic amines is 1. The monoisotopic (exact) mass is 360 g/mol. The fourth-order valence-electron chi connectivity index (χ4n) is 3.46. The molecule has 3 heterocycles. The number of anilines is 1. The summed E-state index contributed by atoms with van der Waals surface area (Å²) >= 11 is 0. The first-order valence-electron chi connectivity index (χ1n) is 8.72. The zero-order chi connectivity index (χ0) is 18.3. The third-order valence-electron chi connectivity index (χ3n) is 4.73. The summed E-state index contributed by atoms with van der Waals surface area (Å²) in [4.78, 5) is 14.5. The molecule has 0 saturated carbocycles. The van der Waals surface area contributed by atoms with Gasteiger partial charge >= 0.3 is 6.18 Å². The zero-order valence-electron chi connectivity index (χ0n) is 14.4. The molecule has 1 aromatic carbocycles. The average Bonchev–Trinajstić information content (AvgIpc) is 3.05. The Morgan fingerprint density at radius 3 is 2.54 bits per heavy atom. The summed E-state index contributed by atoms with van der Waals surface area (Å²) in [7, 11) is 0. The van der Waals surface area contributed by atoms with Gasteiger partial charge in [-0.15, -0.1) is 0 Å². The number of aryl methyl sites for hydroxylation is 1. The Morgan fingerprint density at radius 1 is 1.04 bits per heavy atom. The van der Waals surface area contributed by atoms with Crippen molar-refractivity contribution in [3.05, 3.63) is 41.7 Å². The van der Waals surface area contributed by atoms with Crippen molar-refractivity contribution in [2.24, 2.45) is 0 Å². The number of nitrogens with zero attached hydrogens (tertiary/aromatic N) is 3. The van der Waals surface area contributed by atoms with Gasteiger partial charge < -0.3 is 9.88 Å². The van der Waals surface area contributed by atoms with Crippen LogP contribution in [0.5, 0.6) is 0 Å². The summed E-state index contributed by atoms with van der Waals surface area (Å²) < 4.78 is 39.0. The normalized spacial score (nSPS) is 15.6. The highest BCUT2D eigenvalue weighted by Gasteiger charge is 2.30. The first-order chi connectivity index (χ1) is 12.4. The van der Waals surface area contributed by atoms with Crippen molar-refractivity contribution in [1.82, 2.24) is 15.0 Å². The Labute approximate surface area is 149 Å². The second-order valence-corrected chi connectivity index (χ2v) is 6.66. The molecule has 1 saturated heterocycles. The molecule has 0 unspecified atom stereocenters. The van der Waals surface area contributed by atoms with Crippen molar-refractivity contribution in [2.75, 3.05) is 18.0 Å². The maximum atomic E-state index is 13.0. The number of aromatic nitrogens is 3. The van der Waals surface area contributed by atoms with Crippen molar-refractivity contribution < 1.29 is 13.2 Å². The molecule has 0 radical (unpaired) electrons. The minimum absolute atomic E-state index is 0.486. The molecule has 2 aromatic heterocycles. The number of benzene rings is 1. The Morgan fingerprint density at radius 2 is 1.81 bits per heavy atom. The summed E-state index contributed by atoms with van der Waals surface area (Å²) in [6.07, 6.45) is -0.918. The number of piperidine rings is 1. The predicted molar refractivity (Wildman–Crippen MR) is 95.1 cm³/mol. The molecule has 0 spiro atoms. The average molecular weight is 360 g/mol. The second kappa shape index (κ2) is 6.30.